The van der Waals surface area contributed by atoms with Gasteiger partial charge in [-0.2, -0.15) is 0 Å². The number of thioether (sulfide) groups is 1. The zero-order chi connectivity index (χ0) is 16.5. The highest BCUT2D eigenvalue weighted by atomic mass is 32.2. The molecule has 0 aliphatic heterocycles. The second-order valence-corrected chi connectivity index (χ2v) is 6.88. The summed E-state index contributed by atoms with van der Waals surface area (Å²) >= 11 is 2.01. The molecule has 0 aromatic heterocycles. The minimum atomic E-state index is 0.924. The monoisotopic (exact) mass is 326 g/mol. The van der Waals surface area contributed by atoms with Gasteiger partial charge in [-0.3, -0.25) is 9.98 Å². The minimum absolute atomic E-state index is 0.924. The van der Waals surface area contributed by atoms with Gasteiger partial charge in [0, 0.05) is 36.0 Å². The normalized spacial score (nSPS) is 12.9. The molecule has 2 nitrogen and oxygen atoms in total. The molecule has 0 spiro atoms. The molecule has 0 bridgehead atoms. The second-order valence-electron chi connectivity index (χ2n) is 5.90. The van der Waals surface area contributed by atoms with Gasteiger partial charge in [-0.15, -0.1) is 11.8 Å². The van der Waals surface area contributed by atoms with Crippen LogP contribution in [0.1, 0.15) is 85.5 Å². The van der Waals surface area contributed by atoms with E-state index in [1.165, 1.54) is 69.2 Å². The Morgan fingerprint density at radius 2 is 1.23 bits per heavy atom. The van der Waals surface area contributed by atoms with Crippen LogP contribution in [0.5, 0.6) is 0 Å². The molecule has 0 aliphatic rings. The van der Waals surface area contributed by atoms with Crippen molar-refractivity contribution in [2.24, 2.45) is 9.98 Å². The molecule has 22 heavy (non-hydrogen) atoms. The minimum Gasteiger partial charge on any atom is -0.294 e. The number of hydrogen-bond donors (Lipinski definition) is 0. The first-order valence-electron chi connectivity index (χ1n) is 9.40. The summed E-state index contributed by atoms with van der Waals surface area (Å²) < 4.78 is 0. The van der Waals surface area contributed by atoms with Crippen LogP contribution < -0.4 is 0 Å². The number of aliphatic imine (C=N–C) groups is 2. The van der Waals surface area contributed by atoms with Crippen molar-refractivity contribution in [3.8, 4) is 0 Å². The molecule has 0 saturated carbocycles. The van der Waals surface area contributed by atoms with Crippen molar-refractivity contribution >= 4 is 23.2 Å². The van der Waals surface area contributed by atoms with Crippen LogP contribution in [-0.4, -0.2) is 36.0 Å². The van der Waals surface area contributed by atoms with Crippen molar-refractivity contribution in [2.45, 2.75) is 85.5 Å². The Bertz CT molecular complexity index is 298. The lowest BCUT2D eigenvalue weighted by atomic mass is 10.2. The van der Waals surface area contributed by atoms with Gasteiger partial charge in [0.05, 0.1) is 0 Å². The molecule has 0 rings (SSSR count). The van der Waals surface area contributed by atoms with Crippen molar-refractivity contribution in [1.82, 2.24) is 0 Å². The van der Waals surface area contributed by atoms with Crippen molar-refractivity contribution in [2.75, 3.05) is 24.6 Å². The standard InChI is InChI=1S/C19H38N2S/c1-5-9-12-15-21-19(14-11-7-3)17-22-16-18(20-8-4)13-10-6-2/h5-17H2,1-4H3. The first-order valence-corrected chi connectivity index (χ1v) is 10.6. The Morgan fingerprint density at radius 3 is 1.73 bits per heavy atom. The van der Waals surface area contributed by atoms with Crippen molar-refractivity contribution in [3.63, 3.8) is 0 Å². The fourth-order valence-corrected chi connectivity index (χ4v) is 3.31. The summed E-state index contributed by atoms with van der Waals surface area (Å²) in [5.41, 5.74) is 2.82. The van der Waals surface area contributed by atoms with E-state index in [-0.39, 0.29) is 0 Å². The zero-order valence-electron chi connectivity index (χ0n) is 15.5. The fourth-order valence-electron chi connectivity index (χ4n) is 2.26. The molecule has 0 amide bonds. The Labute approximate surface area is 143 Å². The molecule has 0 radical (unpaired) electrons. The quantitative estimate of drug-likeness (QED) is 0.260. The summed E-state index contributed by atoms with van der Waals surface area (Å²) in [5.74, 6) is 2.19. The van der Waals surface area contributed by atoms with Crippen molar-refractivity contribution < 1.29 is 0 Å². The smallest absolute Gasteiger partial charge is 0.0389 e. The predicted octanol–water partition coefficient (Wildman–Crippen LogP) is 6.19. The molecule has 3 heteroatoms. The van der Waals surface area contributed by atoms with Crippen molar-refractivity contribution in [3.05, 3.63) is 0 Å². The van der Waals surface area contributed by atoms with Crippen LogP contribution in [0.2, 0.25) is 0 Å². The lowest BCUT2D eigenvalue weighted by Gasteiger charge is -2.09. The van der Waals surface area contributed by atoms with Gasteiger partial charge >= 0.3 is 0 Å². The summed E-state index contributed by atoms with van der Waals surface area (Å²) in [6.07, 6.45) is 11.3. The average Bonchev–Trinajstić information content (AvgIpc) is 2.53. The van der Waals surface area contributed by atoms with Gasteiger partial charge < -0.3 is 0 Å². The summed E-state index contributed by atoms with van der Waals surface area (Å²) in [7, 11) is 0. The van der Waals surface area contributed by atoms with Crippen LogP contribution in [0.3, 0.4) is 0 Å². The van der Waals surface area contributed by atoms with E-state index in [9.17, 15) is 0 Å². The number of rotatable bonds is 15. The lowest BCUT2D eigenvalue weighted by Crippen LogP contribution is -2.09. The molecular weight excluding hydrogens is 288 g/mol. The largest absolute Gasteiger partial charge is 0.294 e. The van der Waals surface area contributed by atoms with Gasteiger partial charge in [0.15, 0.2) is 0 Å². The molecule has 0 aromatic rings. The van der Waals surface area contributed by atoms with E-state index >= 15 is 0 Å². The van der Waals surface area contributed by atoms with Crippen LogP contribution in [0.25, 0.3) is 0 Å². The topological polar surface area (TPSA) is 24.7 Å². The molecule has 0 aliphatic carbocycles. The average molecular weight is 327 g/mol. The van der Waals surface area contributed by atoms with E-state index in [4.69, 9.17) is 4.99 Å². The third kappa shape index (κ3) is 13.4. The molecule has 0 fully saturated rings. The van der Waals surface area contributed by atoms with Crippen LogP contribution in [0.4, 0.5) is 0 Å². The van der Waals surface area contributed by atoms with Gasteiger partial charge in [0.1, 0.15) is 0 Å². The third-order valence-corrected chi connectivity index (χ3v) is 4.73. The number of unbranched alkanes of at least 4 members (excludes halogenated alkanes) is 4. The van der Waals surface area contributed by atoms with Crippen LogP contribution >= 0.6 is 11.8 Å². The molecule has 0 unspecified atom stereocenters. The van der Waals surface area contributed by atoms with Gasteiger partial charge in [-0.1, -0.05) is 46.5 Å². The maximum absolute atomic E-state index is 4.86. The van der Waals surface area contributed by atoms with Crippen LogP contribution in [0, 0.1) is 0 Å². The molecule has 0 N–H and O–H groups in total. The Kier molecular flexibility index (Phi) is 16.8. The van der Waals surface area contributed by atoms with Crippen molar-refractivity contribution in [1.29, 1.82) is 0 Å². The summed E-state index contributed by atoms with van der Waals surface area (Å²) in [6.45, 7) is 10.9. The summed E-state index contributed by atoms with van der Waals surface area (Å²) in [4.78, 5) is 9.52. The first-order chi connectivity index (χ1) is 10.8. The van der Waals surface area contributed by atoms with Crippen LogP contribution in [0.15, 0.2) is 9.98 Å². The fraction of sp³-hybridized carbons (Fsp3) is 0.895. The summed E-state index contributed by atoms with van der Waals surface area (Å²) in [6, 6.07) is 0. The lowest BCUT2D eigenvalue weighted by molar-refractivity contribution is 0.725. The molecule has 0 saturated heterocycles. The maximum Gasteiger partial charge on any atom is 0.0389 e. The molecule has 0 heterocycles. The molecule has 0 atom stereocenters. The maximum atomic E-state index is 4.86. The number of nitrogens with zero attached hydrogens (tertiary/aromatic N) is 2. The summed E-state index contributed by atoms with van der Waals surface area (Å²) in [5, 5.41) is 0. The van der Waals surface area contributed by atoms with E-state index in [2.05, 4.69) is 32.7 Å². The Hall–Kier alpha value is -0.310. The van der Waals surface area contributed by atoms with Gasteiger partial charge in [-0.25, -0.2) is 0 Å². The number of hydrogen-bond acceptors (Lipinski definition) is 3. The Morgan fingerprint density at radius 1 is 0.682 bits per heavy atom. The zero-order valence-corrected chi connectivity index (χ0v) is 16.3. The van der Waals surface area contributed by atoms with Crippen LogP contribution in [-0.2, 0) is 0 Å². The van der Waals surface area contributed by atoms with E-state index < -0.39 is 0 Å². The molecular formula is C19H38N2S. The van der Waals surface area contributed by atoms with E-state index in [1.54, 1.807) is 0 Å². The van der Waals surface area contributed by atoms with E-state index in [0.717, 1.165) is 24.6 Å². The van der Waals surface area contributed by atoms with E-state index in [1.807, 2.05) is 11.8 Å². The predicted molar refractivity (Wildman–Crippen MR) is 106 cm³/mol. The highest BCUT2D eigenvalue weighted by Crippen LogP contribution is 2.10. The Balaban J connectivity index is 4.20. The van der Waals surface area contributed by atoms with Gasteiger partial charge in [-0.05, 0) is 39.0 Å². The second kappa shape index (κ2) is 17.1. The highest BCUT2D eigenvalue weighted by Gasteiger charge is 2.03. The van der Waals surface area contributed by atoms with Gasteiger partial charge in [0.25, 0.3) is 0 Å². The highest BCUT2D eigenvalue weighted by molar-refractivity contribution is 8.00. The van der Waals surface area contributed by atoms with E-state index in [0.29, 0.717) is 0 Å². The molecule has 0 aromatic carbocycles. The molecule has 130 valence electrons. The SMILES string of the molecule is CCCCCN=C(CCCC)CSCC(CCCC)=NCC. The van der Waals surface area contributed by atoms with Gasteiger partial charge in [0.2, 0.25) is 0 Å². The third-order valence-electron chi connectivity index (χ3n) is 3.65. The first kappa shape index (κ1) is 21.7.